The maximum atomic E-state index is 13.2. The Kier molecular flexibility index (Phi) is 9.29. The Hall–Kier alpha value is -4.79. The highest BCUT2D eigenvalue weighted by Crippen LogP contribution is 2.30. The predicted octanol–water partition coefficient (Wildman–Crippen LogP) is 3.57. The molecule has 1 fully saturated rings. The number of anilines is 1. The van der Waals surface area contributed by atoms with Gasteiger partial charge in [0.1, 0.15) is 23.0 Å². The number of H-pyrrole nitrogens is 1. The molecule has 1 saturated heterocycles. The fraction of sp³-hybridized carbons (Fsp3) is 0.222. The van der Waals surface area contributed by atoms with Gasteiger partial charge in [-0.15, -0.1) is 5.10 Å². The molecular formula is C27H25Cl2N9O5. The largest absolute Gasteiger partial charge is 0.465 e. The number of hydrogen-bond acceptors (Lipinski definition) is 8. The molecule has 0 radical (unpaired) electrons. The summed E-state index contributed by atoms with van der Waals surface area (Å²) in [4.78, 5) is 46.5. The Labute approximate surface area is 254 Å². The van der Waals surface area contributed by atoms with E-state index in [0.717, 1.165) is 0 Å². The van der Waals surface area contributed by atoms with Crippen LogP contribution >= 0.6 is 23.2 Å². The molecule has 3 heterocycles. The van der Waals surface area contributed by atoms with Gasteiger partial charge >= 0.3 is 6.09 Å². The number of imidazole rings is 1. The standard InChI is InChI=1S/C27H25Cl2N9O5/c28-18-4-7-21(38-15-30-35-36-38)17(13-18)3-8-22(39)32-20(14-23(40)37-9-11-43-12-10-37)26-33-24(25(29)34-26)16-1-5-19(6-2-16)31-27(41)42/h1-8,13,15,20,31H,9-12,14H2,(H,32,39)(H,33,34)(H,41,42)/b8-3+/t20-/m0/s1. The lowest BCUT2D eigenvalue weighted by molar-refractivity contribution is -0.136. The number of carboxylic acid groups (broad SMARTS) is 1. The van der Waals surface area contributed by atoms with Gasteiger partial charge < -0.3 is 25.0 Å². The number of ether oxygens (including phenoxy) is 1. The molecule has 0 bridgehead atoms. The quantitative estimate of drug-likeness (QED) is 0.202. The second-order valence-electron chi connectivity index (χ2n) is 9.34. The van der Waals surface area contributed by atoms with Gasteiger partial charge in [0.2, 0.25) is 11.8 Å². The van der Waals surface area contributed by atoms with E-state index >= 15 is 0 Å². The van der Waals surface area contributed by atoms with E-state index in [9.17, 15) is 14.4 Å². The minimum atomic E-state index is -1.19. The zero-order valence-electron chi connectivity index (χ0n) is 22.4. The molecule has 1 aliphatic rings. The van der Waals surface area contributed by atoms with Crippen molar-refractivity contribution in [3.05, 3.63) is 76.4 Å². The molecular weight excluding hydrogens is 601 g/mol. The summed E-state index contributed by atoms with van der Waals surface area (Å²) >= 11 is 12.7. The molecule has 0 spiro atoms. The third-order valence-corrected chi connectivity index (χ3v) is 6.98. The van der Waals surface area contributed by atoms with E-state index in [4.69, 9.17) is 33.0 Å². The van der Waals surface area contributed by atoms with E-state index in [1.165, 1.54) is 17.1 Å². The first-order valence-electron chi connectivity index (χ1n) is 13.0. The first-order valence-corrected chi connectivity index (χ1v) is 13.7. The lowest BCUT2D eigenvalue weighted by atomic mass is 10.1. The number of aromatic nitrogens is 6. The molecule has 0 saturated carbocycles. The molecule has 14 nitrogen and oxygen atoms in total. The maximum Gasteiger partial charge on any atom is 0.409 e. The number of carbonyl (C=O) groups excluding carboxylic acids is 2. The molecule has 222 valence electrons. The normalized spacial score (nSPS) is 14.0. The topological polar surface area (TPSA) is 180 Å². The summed E-state index contributed by atoms with van der Waals surface area (Å²) in [6.45, 7) is 1.74. The van der Waals surface area contributed by atoms with Gasteiger partial charge in [0.15, 0.2) is 0 Å². The van der Waals surface area contributed by atoms with Crippen LogP contribution in [0.3, 0.4) is 0 Å². The van der Waals surface area contributed by atoms with Crippen molar-refractivity contribution in [1.82, 2.24) is 40.4 Å². The van der Waals surface area contributed by atoms with E-state index in [1.54, 1.807) is 53.4 Å². The van der Waals surface area contributed by atoms with Crippen LogP contribution in [0.2, 0.25) is 10.2 Å². The summed E-state index contributed by atoms with van der Waals surface area (Å²) in [5, 5.41) is 25.9. The highest BCUT2D eigenvalue weighted by atomic mass is 35.5. The van der Waals surface area contributed by atoms with Crippen LogP contribution in [0.1, 0.15) is 23.9 Å². The average Bonchev–Trinajstić information content (AvgIpc) is 3.67. The summed E-state index contributed by atoms with van der Waals surface area (Å²) in [5.74, 6) is -0.416. The molecule has 0 unspecified atom stereocenters. The number of amides is 3. The van der Waals surface area contributed by atoms with E-state index in [-0.39, 0.29) is 23.3 Å². The van der Waals surface area contributed by atoms with Gasteiger partial charge in [-0.1, -0.05) is 35.3 Å². The SMILES string of the molecule is O=C(O)Nc1ccc(-c2nc([C@H](CC(=O)N3CCOCC3)NC(=O)/C=C/c3cc(Cl)ccc3-n3cnnn3)[nH]c2Cl)cc1. The third-order valence-electron chi connectivity index (χ3n) is 6.48. The molecule has 4 aromatic rings. The number of aromatic amines is 1. The summed E-state index contributed by atoms with van der Waals surface area (Å²) in [7, 11) is 0. The minimum Gasteiger partial charge on any atom is -0.465 e. The van der Waals surface area contributed by atoms with Crippen molar-refractivity contribution in [2.24, 2.45) is 0 Å². The molecule has 2 aromatic heterocycles. The van der Waals surface area contributed by atoms with Crippen LogP contribution in [-0.2, 0) is 14.3 Å². The Bertz CT molecular complexity index is 1630. The molecule has 1 aliphatic heterocycles. The van der Waals surface area contributed by atoms with Crippen LogP contribution in [0.4, 0.5) is 10.5 Å². The molecule has 3 amide bonds. The van der Waals surface area contributed by atoms with Gasteiger partial charge in [-0.05, 0) is 46.8 Å². The number of tetrazole rings is 1. The summed E-state index contributed by atoms with van der Waals surface area (Å²) in [5.41, 5.74) is 2.53. The number of benzene rings is 2. The number of nitrogens with zero attached hydrogens (tertiary/aromatic N) is 6. The summed E-state index contributed by atoms with van der Waals surface area (Å²) in [6.07, 6.45) is 3.02. The smallest absolute Gasteiger partial charge is 0.409 e. The maximum absolute atomic E-state index is 13.2. The molecule has 43 heavy (non-hydrogen) atoms. The number of hydrogen-bond donors (Lipinski definition) is 4. The van der Waals surface area contributed by atoms with E-state index < -0.39 is 18.0 Å². The second kappa shape index (κ2) is 13.5. The number of morpholine rings is 1. The van der Waals surface area contributed by atoms with Gasteiger partial charge in [0, 0.05) is 41.0 Å². The van der Waals surface area contributed by atoms with Crippen molar-refractivity contribution in [2.45, 2.75) is 12.5 Å². The van der Waals surface area contributed by atoms with Crippen molar-refractivity contribution in [1.29, 1.82) is 0 Å². The number of nitrogens with one attached hydrogen (secondary N) is 3. The van der Waals surface area contributed by atoms with Crippen molar-refractivity contribution in [2.75, 3.05) is 31.6 Å². The van der Waals surface area contributed by atoms with E-state index in [0.29, 0.717) is 59.5 Å². The van der Waals surface area contributed by atoms with E-state index in [2.05, 4.69) is 36.1 Å². The van der Waals surface area contributed by atoms with Crippen LogP contribution in [-0.4, -0.2) is 84.4 Å². The number of rotatable bonds is 9. The molecule has 16 heteroatoms. The first-order chi connectivity index (χ1) is 20.8. The van der Waals surface area contributed by atoms with Crippen LogP contribution in [0.15, 0.2) is 54.9 Å². The van der Waals surface area contributed by atoms with Gasteiger partial charge in [-0.2, -0.15) is 4.68 Å². The fourth-order valence-corrected chi connectivity index (χ4v) is 4.85. The zero-order valence-corrected chi connectivity index (χ0v) is 23.9. The van der Waals surface area contributed by atoms with Crippen molar-refractivity contribution in [3.8, 4) is 16.9 Å². The van der Waals surface area contributed by atoms with Crippen molar-refractivity contribution in [3.63, 3.8) is 0 Å². The number of carbonyl (C=O) groups is 3. The molecule has 0 aliphatic carbocycles. The van der Waals surface area contributed by atoms with Crippen LogP contribution < -0.4 is 10.6 Å². The van der Waals surface area contributed by atoms with Crippen LogP contribution in [0.25, 0.3) is 23.0 Å². The molecule has 1 atom stereocenters. The fourth-order valence-electron chi connectivity index (χ4n) is 4.42. The third kappa shape index (κ3) is 7.54. The lowest BCUT2D eigenvalue weighted by Gasteiger charge is -2.28. The minimum absolute atomic E-state index is 0.0859. The molecule has 2 aromatic carbocycles. The molecule has 5 rings (SSSR count). The van der Waals surface area contributed by atoms with E-state index in [1.807, 2.05) is 0 Å². The Morgan fingerprint density at radius 3 is 2.58 bits per heavy atom. The van der Waals surface area contributed by atoms with Crippen molar-refractivity contribution < 1.29 is 24.2 Å². The Morgan fingerprint density at radius 1 is 1.12 bits per heavy atom. The Morgan fingerprint density at radius 2 is 1.88 bits per heavy atom. The number of halogens is 2. The summed E-state index contributed by atoms with van der Waals surface area (Å²) in [6, 6.07) is 10.6. The lowest BCUT2D eigenvalue weighted by Crippen LogP contribution is -2.42. The Balaban J connectivity index is 1.39. The predicted molar refractivity (Wildman–Crippen MR) is 157 cm³/mol. The highest BCUT2D eigenvalue weighted by Gasteiger charge is 2.26. The average molecular weight is 626 g/mol. The van der Waals surface area contributed by atoms with Gasteiger partial charge in [0.25, 0.3) is 0 Å². The first kappa shape index (κ1) is 29.7. The highest BCUT2D eigenvalue weighted by molar-refractivity contribution is 6.32. The van der Waals surface area contributed by atoms with Crippen molar-refractivity contribution >= 4 is 52.9 Å². The van der Waals surface area contributed by atoms with Gasteiger partial charge in [-0.3, -0.25) is 14.9 Å². The monoisotopic (exact) mass is 625 g/mol. The van der Waals surface area contributed by atoms with Crippen LogP contribution in [0.5, 0.6) is 0 Å². The van der Waals surface area contributed by atoms with Gasteiger partial charge in [-0.25, -0.2) is 9.78 Å². The second-order valence-corrected chi connectivity index (χ2v) is 10.2. The zero-order chi connectivity index (χ0) is 30.3. The van der Waals surface area contributed by atoms with Crippen LogP contribution in [0, 0.1) is 0 Å². The summed E-state index contributed by atoms with van der Waals surface area (Å²) < 4.78 is 6.79. The molecule has 4 N–H and O–H groups in total. The van der Waals surface area contributed by atoms with Gasteiger partial charge in [0.05, 0.1) is 31.4 Å².